The third kappa shape index (κ3) is 4.11. The molecule has 0 aromatic heterocycles. The first-order chi connectivity index (χ1) is 15.6. The van der Waals surface area contributed by atoms with Crippen LogP contribution in [0, 0.1) is 6.92 Å². The van der Waals surface area contributed by atoms with E-state index >= 15 is 0 Å². The zero-order valence-corrected chi connectivity index (χ0v) is 18.6. The molecule has 0 bridgehead atoms. The molecular formula is C25H28N2O5. The molecule has 168 valence electrons. The second-order valence-corrected chi connectivity index (χ2v) is 8.37. The number of carbonyl (C=O) groups is 1. The van der Waals surface area contributed by atoms with Crippen molar-refractivity contribution in [1.82, 2.24) is 9.80 Å². The number of hydrogen-bond donors (Lipinski definition) is 0. The van der Waals surface area contributed by atoms with Gasteiger partial charge in [0.05, 0.1) is 31.5 Å². The Bertz CT molecular complexity index is 1040. The van der Waals surface area contributed by atoms with Gasteiger partial charge in [-0.1, -0.05) is 12.1 Å². The summed E-state index contributed by atoms with van der Waals surface area (Å²) in [5.41, 5.74) is 3.35. The summed E-state index contributed by atoms with van der Waals surface area (Å²) in [7, 11) is 1.63. The number of benzene rings is 2. The predicted molar refractivity (Wildman–Crippen MR) is 120 cm³/mol. The van der Waals surface area contributed by atoms with Gasteiger partial charge in [0.1, 0.15) is 24.0 Å². The number of Topliss-reactive ketones (excluding diaryl/α,β-unsaturated/α-hetero) is 1. The normalized spacial score (nSPS) is 19.9. The molecule has 7 nitrogen and oxygen atoms in total. The van der Waals surface area contributed by atoms with Gasteiger partial charge in [-0.3, -0.25) is 14.6 Å². The van der Waals surface area contributed by atoms with E-state index in [0.29, 0.717) is 30.3 Å². The minimum absolute atomic E-state index is 0.0819. The zero-order valence-electron chi connectivity index (χ0n) is 18.6. The minimum atomic E-state index is -0.0819. The lowest BCUT2D eigenvalue weighted by Gasteiger charge is -2.33. The van der Waals surface area contributed by atoms with Crippen LogP contribution in [-0.4, -0.2) is 68.8 Å². The van der Waals surface area contributed by atoms with E-state index in [1.54, 1.807) is 13.2 Å². The molecule has 0 atom stereocenters. The monoisotopic (exact) mass is 436 g/mol. The van der Waals surface area contributed by atoms with E-state index in [4.69, 9.17) is 18.9 Å². The molecule has 3 aliphatic rings. The lowest BCUT2D eigenvalue weighted by Crippen LogP contribution is -2.43. The van der Waals surface area contributed by atoms with Crippen LogP contribution in [0.2, 0.25) is 0 Å². The van der Waals surface area contributed by atoms with Gasteiger partial charge >= 0.3 is 0 Å². The molecule has 7 heteroatoms. The van der Waals surface area contributed by atoms with Crippen molar-refractivity contribution in [3.8, 4) is 17.2 Å². The van der Waals surface area contributed by atoms with Gasteiger partial charge in [0.25, 0.3) is 0 Å². The first kappa shape index (κ1) is 21.0. The van der Waals surface area contributed by atoms with Crippen LogP contribution >= 0.6 is 0 Å². The number of hydrogen-bond acceptors (Lipinski definition) is 7. The van der Waals surface area contributed by atoms with Crippen LogP contribution in [0.15, 0.2) is 36.1 Å². The van der Waals surface area contributed by atoms with Crippen LogP contribution in [0.1, 0.15) is 27.0 Å². The Balaban J connectivity index is 1.36. The quantitative estimate of drug-likeness (QED) is 0.668. The molecule has 0 aliphatic carbocycles. The fourth-order valence-corrected chi connectivity index (χ4v) is 4.38. The summed E-state index contributed by atoms with van der Waals surface area (Å²) in [6, 6.07) is 9.51. The fourth-order valence-electron chi connectivity index (χ4n) is 4.38. The average molecular weight is 437 g/mol. The van der Waals surface area contributed by atoms with Crippen LogP contribution in [0.25, 0.3) is 6.08 Å². The van der Waals surface area contributed by atoms with Crippen molar-refractivity contribution in [1.29, 1.82) is 0 Å². The summed E-state index contributed by atoms with van der Waals surface area (Å²) < 4.78 is 22.8. The fraction of sp³-hybridized carbons (Fsp3) is 0.400. The molecule has 2 aromatic rings. The van der Waals surface area contributed by atoms with Gasteiger partial charge in [0.2, 0.25) is 5.78 Å². The highest BCUT2D eigenvalue weighted by Gasteiger charge is 2.35. The average Bonchev–Trinajstić information content (AvgIpc) is 3.16. The number of morpholine rings is 1. The molecule has 3 aliphatic heterocycles. The molecular weight excluding hydrogens is 408 g/mol. The van der Waals surface area contributed by atoms with Crippen LogP contribution < -0.4 is 14.2 Å². The molecule has 5 rings (SSSR count). The summed E-state index contributed by atoms with van der Waals surface area (Å²) in [5, 5.41) is 0. The SMILES string of the molecule is COc1ccc(/C=C2\Oc3c4c(cc(C)c3C2=O)OCN(CCN2CCOCC2)C4)cc1. The Morgan fingerprint density at radius 1 is 1.09 bits per heavy atom. The first-order valence-electron chi connectivity index (χ1n) is 11.0. The molecule has 0 spiro atoms. The van der Waals surface area contributed by atoms with Crippen molar-refractivity contribution in [3.05, 3.63) is 58.3 Å². The third-order valence-electron chi connectivity index (χ3n) is 6.24. The molecule has 32 heavy (non-hydrogen) atoms. The predicted octanol–water partition coefficient (Wildman–Crippen LogP) is 3.10. The van der Waals surface area contributed by atoms with Gasteiger partial charge in [-0.25, -0.2) is 0 Å². The zero-order chi connectivity index (χ0) is 22.1. The largest absolute Gasteiger partial charge is 0.497 e. The van der Waals surface area contributed by atoms with Crippen molar-refractivity contribution in [2.45, 2.75) is 13.5 Å². The van der Waals surface area contributed by atoms with E-state index in [2.05, 4.69) is 9.80 Å². The maximum atomic E-state index is 13.2. The maximum absolute atomic E-state index is 13.2. The van der Waals surface area contributed by atoms with Gasteiger partial charge in [-0.05, 0) is 42.3 Å². The lowest BCUT2D eigenvalue weighted by molar-refractivity contribution is 0.0239. The van der Waals surface area contributed by atoms with Crippen molar-refractivity contribution in [2.24, 2.45) is 0 Å². The highest BCUT2D eigenvalue weighted by molar-refractivity contribution is 6.15. The molecule has 0 saturated carbocycles. The van der Waals surface area contributed by atoms with E-state index in [-0.39, 0.29) is 5.78 Å². The Morgan fingerprint density at radius 2 is 1.84 bits per heavy atom. The number of rotatable bonds is 5. The highest BCUT2D eigenvalue weighted by atomic mass is 16.5. The number of methoxy groups -OCH3 is 1. The Morgan fingerprint density at radius 3 is 2.59 bits per heavy atom. The molecule has 3 heterocycles. The van der Waals surface area contributed by atoms with Crippen LogP contribution in [0.5, 0.6) is 17.2 Å². The van der Waals surface area contributed by atoms with Gasteiger partial charge in [-0.2, -0.15) is 0 Å². The number of nitrogens with zero attached hydrogens (tertiary/aromatic N) is 2. The molecule has 1 saturated heterocycles. The van der Waals surface area contributed by atoms with E-state index < -0.39 is 0 Å². The molecule has 2 aromatic carbocycles. The smallest absolute Gasteiger partial charge is 0.232 e. The van der Waals surface area contributed by atoms with Crippen molar-refractivity contribution < 1.29 is 23.7 Å². The van der Waals surface area contributed by atoms with E-state index in [9.17, 15) is 4.79 Å². The summed E-state index contributed by atoms with van der Waals surface area (Å²) in [5.74, 6) is 2.48. The van der Waals surface area contributed by atoms with Gasteiger partial charge in [0, 0.05) is 32.7 Å². The number of aryl methyl sites for hydroxylation is 1. The second kappa shape index (κ2) is 8.94. The summed E-state index contributed by atoms with van der Waals surface area (Å²) >= 11 is 0. The molecule has 0 amide bonds. The van der Waals surface area contributed by atoms with E-state index in [0.717, 1.165) is 67.6 Å². The number of fused-ring (bicyclic) bond motifs is 3. The van der Waals surface area contributed by atoms with Crippen LogP contribution in [-0.2, 0) is 11.3 Å². The topological polar surface area (TPSA) is 60.5 Å². The molecule has 0 N–H and O–H groups in total. The highest BCUT2D eigenvalue weighted by Crippen LogP contribution is 2.44. The van der Waals surface area contributed by atoms with Crippen molar-refractivity contribution in [3.63, 3.8) is 0 Å². The molecule has 0 unspecified atom stereocenters. The van der Waals surface area contributed by atoms with Gasteiger partial charge in [0.15, 0.2) is 5.76 Å². The third-order valence-corrected chi connectivity index (χ3v) is 6.24. The van der Waals surface area contributed by atoms with Crippen molar-refractivity contribution in [2.75, 3.05) is 53.2 Å². The summed E-state index contributed by atoms with van der Waals surface area (Å²) in [4.78, 5) is 17.8. The van der Waals surface area contributed by atoms with Crippen molar-refractivity contribution >= 4 is 11.9 Å². The summed E-state index contributed by atoms with van der Waals surface area (Å²) in [6.07, 6.45) is 1.79. The minimum Gasteiger partial charge on any atom is -0.497 e. The van der Waals surface area contributed by atoms with E-state index in [1.165, 1.54) is 0 Å². The molecule has 0 radical (unpaired) electrons. The number of ketones is 1. The van der Waals surface area contributed by atoms with E-state index in [1.807, 2.05) is 37.3 Å². The lowest BCUT2D eigenvalue weighted by atomic mass is 9.98. The Labute approximate surface area is 188 Å². The second-order valence-electron chi connectivity index (χ2n) is 8.37. The number of allylic oxidation sites excluding steroid dienone is 1. The number of carbonyl (C=O) groups excluding carboxylic acids is 1. The summed E-state index contributed by atoms with van der Waals surface area (Å²) in [6.45, 7) is 8.57. The Hall–Kier alpha value is -2.87. The Kier molecular flexibility index (Phi) is 5.87. The van der Waals surface area contributed by atoms with Crippen LogP contribution in [0.4, 0.5) is 0 Å². The molecule has 1 fully saturated rings. The van der Waals surface area contributed by atoms with Gasteiger partial charge in [-0.15, -0.1) is 0 Å². The van der Waals surface area contributed by atoms with Gasteiger partial charge < -0.3 is 18.9 Å². The number of ether oxygens (including phenoxy) is 4. The standard InChI is InChI=1S/C25H28N2O5/c1-17-13-21-20(15-27(16-31-21)8-7-26-9-11-30-12-10-26)25-23(17)24(28)22(32-25)14-18-3-5-19(29-2)6-4-18/h3-6,13-14H,7-12,15-16H2,1-2H3/b22-14-. The van der Waals surface area contributed by atoms with Crippen LogP contribution in [0.3, 0.4) is 0 Å². The first-order valence-corrected chi connectivity index (χ1v) is 11.0. The maximum Gasteiger partial charge on any atom is 0.232 e.